The summed E-state index contributed by atoms with van der Waals surface area (Å²) in [7, 11) is 0. The first-order valence-corrected chi connectivity index (χ1v) is 6.87. The van der Waals surface area contributed by atoms with Gasteiger partial charge in [0.1, 0.15) is 0 Å². The third-order valence-corrected chi connectivity index (χ3v) is 4.35. The highest BCUT2D eigenvalue weighted by Crippen LogP contribution is 2.41. The predicted octanol–water partition coefficient (Wildman–Crippen LogP) is 3.16. The Balaban J connectivity index is 2.01. The van der Waals surface area contributed by atoms with E-state index in [0.29, 0.717) is 0 Å². The first kappa shape index (κ1) is 11.7. The van der Waals surface area contributed by atoms with Crippen molar-refractivity contribution in [3.05, 3.63) is 35.4 Å². The predicted molar refractivity (Wildman–Crippen MR) is 72.2 cm³/mol. The number of likely N-dealkylation sites (tertiary alicyclic amines) is 1. The molecule has 1 fully saturated rings. The van der Waals surface area contributed by atoms with Gasteiger partial charge in [-0.05, 0) is 37.1 Å². The van der Waals surface area contributed by atoms with Gasteiger partial charge in [-0.2, -0.15) is 0 Å². The highest BCUT2D eigenvalue weighted by molar-refractivity contribution is 6.00. The van der Waals surface area contributed by atoms with Crippen LogP contribution in [0.15, 0.2) is 29.4 Å². The van der Waals surface area contributed by atoms with Crippen molar-refractivity contribution in [2.24, 2.45) is 5.16 Å². The van der Waals surface area contributed by atoms with E-state index < -0.39 is 0 Å². The zero-order valence-electron chi connectivity index (χ0n) is 10.8. The van der Waals surface area contributed by atoms with Gasteiger partial charge in [0, 0.05) is 5.92 Å². The van der Waals surface area contributed by atoms with E-state index in [-0.39, 0.29) is 12.0 Å². The fourth-order valence-electron chi connectivity index (χ4n) is 3.41. The number of piperidine rings is 1. The van der Waals surface area contributed by atoms with Crippen LogP contribution in [0.1, 0.15) is 49.3 Å². The third-order valence-electron chi connectivity index (χ3n) is 4.35. The van der Waals surface area contributed by atoms with Crippen LogP contribution in [-0.2, 0) is 0 Å². The van der Waals surface area contributed by atoms with E-state index in [1.54, 1.807) is 0 Å². The maximum atomic E-state index is 9.37. The lowest BCUT2D eigenvalue weighted by Crippen LogP contribution is -2.36. The monoisotopic (exact) mass is 244 g/mol. The topological polar surface area (TPSA) is 35.8 Å². The molecular weight excluding hydrogens is 224 g/mol. The molecular formula is C15H20N2O. The van der Waals surface area contributed by atoms with Crippen LogP contribution in [0.25, 0.3) is 0 Å². The first-order valence-electron chi connectivity index (χ1n) is 6.87. The van der Waals surface area contributed by atoms with Crippen molar-refractivity contribution in [3.63, 3.8) is 0 Å². The van der Waals surface area contributed by atoms with E-state index in [4.69, 9.17) is 0 Å². The van der Waals surface area contributed by atoms with Gasteiger partial charge < -0.3 is 5.21 Å². The Hall–Kier alpha value is -1.35. The molecule has 0 amide bonds. The number of fused-ring (bicyclic) bond motifs is 1. The minimum Gasteiger partial charge on any atom is -0.411 e. The fourth-order valence-corrected chi connectivity index (χ4v) is 3.41. The van der Waals surface area contributed by atoms with Gasteiger partial charge in [-0.3, -0.25) is 4.90 Å². The van der Waals surface area contributed by atoms with Crippen LogP contribution in [0, 0.1) is 0 Å². The largest absolute Gasteiger partial charge is 0.411 e. The first-order chi connectivity index (χ1) is 8.83. The zero-order chi connectivity index (χ0) is 12.5. The normalized spacial score (nSPS) is 30.6. The van der Waals surface area contributed by atoms with Gasteiger partial charge in [-0.1, -0.05) is 42.8 Å². The van der Waals surface area contributed by atoms with Crippen molar-refractivity contribution >= 4 is 5.71 Å². The molecule has 96 valence electrons. The van der Waals surface area contributed by atoms with Gasteiger partial charge >= 0.3 is 0 Å². The Morgan fingerprint density at radius 2 is 1.78 bits per heavy atom. The molecule has 0 aromatic heterocycles. The molecule has 1 aromatic carbocycles. The molecule has 2 unspecified atom stereocenters. The molecule has 0 spiro atoms. The Labute approximate surface area is 108 Å². The van der Waals surface area contributed by atoms with Crippen LogP contribution in [0.5, 0.6) is 0 Å². The summed E-state index contributed by atoms with van der Waals surface area (Å²) >= 11 is 0. The Morgan fingerprint density at radius 3 is 2.44 bits per heavy atom. The van der Waals surface area contributed by atoms with E-state index in [9.17, 15) is 5.21 Å². The molecule has 1 N–H and O–H groups in total. The molecule has 2 atom stereocenters. The number of rotatable bonds is 1. The molecule has 2 aliphatic rings. The summed E-state index contributed by atoms with van der Waals surface area (Å²) in [5.74, 6) is 0.234. The molecule has 3 nitrogen and oxygen atoms in total. The number of oxime groups is 1. The summed E-state index contributed by atoms with van der Waals surface area (Å²) in [5.41, 5.74) is 3.57. The van der Waals surface area contributed by atoms with E-state index in [2.05, 4.69) is 41.2 Å². The lowest BCUT2D eigenvalue weighted by molar-refractivity contribution is 0.199. The minimum atomic E-state index is 0.196. The van der Waals surface area contributed by atoms with Crippen molar-refractivity contribution < 1.29 is 5.21 Å². The van der Waals surface area contributed by atoms with Gasteiger partial charge in [-0.15, -0.1) is 0 Å². The molecule has 0 bridgehead atoms. The van der Waals surface area contributed by atoms with Crippen molar-refractivity contribution in [1.29, 1.82) is 0 Å². The summed E-state index contributed by atoms with van der Waals surface area (Å²) in [6.45, 7) is 4.37. The molecule has 3 heteroatoms. The number of benzene rings is 1. The zero-order valence-corrected chi connectivity index (χ0v) is 10.8. The van der Waals surface area contributed by atoms with Gasteiger partial charge in [0.05, 0.1) is 11.8 Å². The van der Waals surface area contributed by atoms with Crippen LogP contribution < -0.4 is 0 Å². The van der Waals surface area contributed by atoms with E-state index in [0.717, 1.165) is 18.8 Å². The molecule has 0 radical (unpaired) electrons. The molecule has 1 heterocycles. The van der Waals surface area contributed by atoms with E-state index >= 15 is 0 Å². The quantitative estimate of drug-likeness (QED) is 0.608. The second kappa shape index (κ2) is 4.73. The maximum absolute atomic E-state index is 9.37. The third kappa shape index (κ3) is 1.74. The molecule has 1 aromatic rings. The molecule has 1 aliphatic heterocycles. The van der Waals surface area contributed by atoms with E-state index in [1.807, 2.05) is 0 Å². The minimum absolute atomic E-state index is 0.196. The lowest BCUT2D eigenvalue weighted by atomic mass is 10.0. The summed E-state index contributed by atoms with van der Waals surface area (Å²) in [5, 5.41) is 13.0. The second-order valence-corrected chi connectivity index (χ2v) is 5.37. The fraction of sp³-hybridized carbons (Fsp3) is 0.533. The maximum Gasteiger partial charge on any atom is 0.0859 e. The summed E-state index contributed by atoms with van der Waals surface area (Å²) < 4.78 is 0. The van der Waals surface area contributed by atoms with Gasteiger partial charge in [0.15, 0.2) is 0 Å². The van der Waals surface area contributed by atoms with Crippen molar-refractivity contribution in [2.45, 2.75) is 38.1 Å². The van der Waals surface area contributed by atoms with Crippen LogP contribution in [0.3, 0.4) is 0 Å². The molecule has 1 saturated heterocycles. The Morgan fingerprint density at radius 1 is 1.11 bits per heavy atom. The average molecular weight is 244 g/mol. The average Bonchev–Trinajstić information content (AvgIpc) is 2.73. The van der Waals surface area contributed by atoms with Crippen LogP contribution in [0.4, 0.5) is 0 Å². The summed E-state index contributed by atoms with van der Waals surface area (Å²) in [6, 6.07) is 8.70. The number of hydrogen-bond donors (Lipinski definition) is 1. The van der Waals surface area contributed by atoms with Gasteiger partial charge in [-0.25, -0.2) is 0 Å². The van der Waals surface area contributed by atoms with Gasteiger partial charge in [0.2, 0.25) is 0 Å². The molecule has 18 heavy (non-hydrogen) atoms. The van der Waals surface area contributed by atoms with Crippen LogP contribution in [0.2, 0.25) is 0 Å². The van der Waals surface area contributed by atoms with Crippen molar-refractivity contribution in [3.8, 4) is 0 Å². The van der Waals surface area contributed by atoms with Crippen LogP contribution >= 0.6 is 0 Å². The Bertz CT molecular complexity index is 463. The lowest BCUT2D eigenvalue weighted by Gasteiger charge is -2.32. The Kier molecular flexibility index (Phi) is 3.08. The standard InChI is InChI=1S/C15H20N2O/c1-11-12-7-3-4-8-13(12)15(14(11)16-18)17-9-5-2-6-10-17/h3-4,7-8,11,15,18H,2,5-6,9-10H2,1H3. The van der Waals surface area contributed by atoms with E-state index in [1.165, 1.54) is 30.4 Å². The number of nitrogens with zero attached hydrogens (tertiary/aromatic N) is 2. The summed E-state index contributed by atoms with van der Waals surface area (Å²) in [4.78, 5) is 2.47. The van der Waals surface area contributed by atoms with Crippen molar-refractivity contribution in [1.82, 2.24) is 4.90 Å². The molecule has 1 aliphatic carbocycles. The van der Waals surface area contributed by atoms with Crippen LogP contribution in [-0.4, -0.2) is 28.9 Å². The highest BCUT2D eigenvalue weighted by Gasteiger charge is 2.38. The SMILES string of the molecule is CC1C(=NO)C(N2CCCCC2)c2ccccc21. The number of hydrogen-bond acceptors (Lipinski definition) is 3. The molecule has 3 rings (SSSR count). The smallest absolute Gasteiger partial charge is 0.0859 e. The van der Waals surface area contributed by atoms with Gasteiger partial charge in [0.25, 0.3) is 0 Å². The second-order valence-electron chi connectivity index (χ2n) is 5.37. The highest BCUT2D eigenvalue weighted by atomic mass is 16.4. The summed E-state index contributed by atoms with van der Waals surface area (Å²) in [6.07, 6.45) is 3.84. The molecule has 0 saturated carbocycles. The van der Waals surface area contributed by atoms with Crippen molar-refractivity contribution in [2.75, 3.05) is 13.1 Å².